The van der Waals surface area contributed by atoms with E-state index < -0.39 is 0 Å². The molecule has 1 aliphatic carbocycles. The number of carbonyl (C=O) groups is 2. The highest BCUT2D eigenvalue weighted by molar-refractivity contribution is 5.83. The summed E-state index contributed by atoms with van der Waals surface area (Å²) < 4.78 is 4.97. The van der Waals surface area contributed by atoms with E-state index in [1.54, 1.807) is 6.92 Å². The van der Waals surface area contributed by atoms with Crippen molar-refractivity contribution in [2.75, 3.05) is 6.61 Å². The van der Waals surface area contributed by atoms with Crippen LogP contribution in [0.15, 0.2) is 0 Å². The van der Waals surface area contributed by atoms with E-state index in [0.29, 0.717) is 13.0 Å². The quantitative estimate of drug-likeness (QED) is 0.692. The fourth-order valence-corrected chi connectivity index (χ4v) is 2.62. The molecule has 3 nitrogen and oxygen atoms in total. The second kappa shape index (κ2) is 5.46. The minimum absolute atomic E-state index is 0.165. The maximum atomic E-state index is 11.7. The average molecular weight is 226 g/mol. The molecule has 1 fully saturated rings. The van der Waals surface area contributed by atoms with Gasteiger partial charge < -0.3 is 4.74 Å². The third-order valence-corrected chi connectivity index (χ3v) is 3.92. The molecule has 0 spiro atoms. The molecule has 0 aromatic rings. The van der Waals surface area contributed by atoms with E-state index in [1.165, 1.54) is 0 Å². The lowest BCUT2D eigenvalue weighted by molar-refractivity contribution is -0.147. The molecule has 0 heterocycles. The normalized spacial score (nSPS) is 29.8. The molecule has 0 unspecified atom stereocenters. The molecular formula is C13H22O3. The van der Waals surface area contributed by atoms with Gasteiger partial charge in [-0.05, 0) is 32.6 Å². The second-order valence-electron chi connectivity index (χ2n) is 4.93. The van der Waals surface area contributed by atoms with Crippen molar-refractivity contribution in [3.63, 3.8) is 0 Å². The largest absolute Gasteiger partial charge is 0.466 e. The third kappa shape index (κ3) is 2.83. The molecular weight excluding hydrogens is 204 g/mol. The topological polar surface area (TPSA) is 43.4 Å². The molecule has 0 saturated heterocycles. The summed E-state index contributed by atoms with van der Waals surface area (Å²) >= 11 is 0. The smallest absolute Gasteiger partial charge is 0.306 e. The van der Waals surface area contributed by atoms with Crippen LogP contribution in [0.4, 0.5) is 0 Å². The van der Waals surface area contributed by atoms with Crippen LogP contribution in [0.25, 0.3) is 0 Å². The molecule has 1 saturated carbocycles. The van der Waals surface area contributed by atoms with Gasteiger partial charge in [0.05, 0.1) is 6.61 Å². The van der Waals surface area contributed by atoms with Crippen molar-refractivity contribution >= 4 is 11.8 Å². The highest BCUT2D eigenvalue weighted by Gasteiger charge is 2.41. The molecule has 0 radical (unpaired) electrons. The SMILES string of the molecule is CCOC(=O)C[C@H]1CCCC[C@]1(C)C(C)=O. The Morgan fingerprint density at radius 1 is 1.38 bits per heavy atom. The Bertz CT molecular complexity index is 272. The van der Waals surface area contributed by atoms with E-state index in [1.807, 2.05) is 13.8 Å². The Hall–Kier alpha value is -0.860. The van der Waals surface area contributed by atoms with E-state index in [2.05, 4.69) is 0 Å². The van der Waals surface area contributed by atoms with Crippen molar-refractivity contribution in [3.05, 3.63) is 0 Å². The molecule has 0 aromatic heterocycles. The van der Waals surface area contributed by atoms with Crippen molar-refractivity contribution in [2.24, 2.45) is 11.3 Å². The van der Waals surface area contributed by atoms with Crippen LogP contribution in [-0.4, -0.2) is 18.4 Å². The number of Topliss-reactive ketones (excluding diaryl/α,β-unsaturated/α-hetero) is 1. The number of hydrogen-bond acceptors (Lipinski definition) is 3. The number of rotatable bonds is 4. The van der Waals surface area contributed by atoms with Gasteiger partial charge in [0.25, 0.3) is 0 Å². The van der Waals surface area contributed by atoms with Gasteiger partial charge in [-0.15, -0.1) is 0 Å². The van der Waals surface area contributed by atoms with Gasteiger partial charge >= 0.3 is 5.97 Å². The maximum Gasteiger partial charge on any atom is 0.306 e. The summed E-state index contributed by atoms with van der Waals surface area (Å²) in [4.78, 5) is 23.2. The summed E-state index contributed by atoms with van der Waals surface area (Å²) in [6.07, 6.45) is 4.48. The molecule has 1 aliphatic rings. The van der Waals surface area contributed by atoms with Gasteiger partial charge in [0.1, 0.15) is 5.78 Å². The molecule has 0 amide bonds. The lowest BCUT2D eigenvalue weighted by Gasteiger charge is -2.39. The zero-order valence-corrected chi connectivity index (χ0v) is 10.5. The van der Waals surface area contributed by atoms with E-state index >= 15 is 0 Å². The van der Waals surface area contributed by atoms with Crippen molar-refractivity contribution in [1.29, 1.82) is 0 Å². The molecule has 1 rings (SSSR count). The molecule has 0 bridgehead atoms. The number of ether oxygens (including phenoxy) is 1. The van der Waals surface area contributed by atoms with Crippen LogP contribution < -0.4 is 0 Å². The van der Waals surface area contributed by atoms with Crippen molar-refractivity contribution in [2.45, 2.75) is 52.9 Å². The third-order valence-electron chi connectivity index (χ3n) is 3.92. The summed E-state index contributed by atoms with van der Waals surface area (Å²) in [5, 5.41) is 0. The first-order valence-electron chi connectivity index (χ1n) is 6.17. The second-order valence-corrected chi connectivity index (χ2v) is 4.93. The van der Waals surface area contributed by atoms with Crippen molar-refractivity contribution < 1.29 is 14.3 Å². The molecule has 16 heavy (non-hydrogen) atoms. The average Bonchev–Trinajstić information content (AvgIpc) is 2.21. The molecule has 0 aromatic carbocycles. The van der Waals surface area contributed by atoms with E-state index in [4.69, 9.17) is 4.74 Å². The standard InChI is InChI=1S/C13H22O3/c1-4-16-12(15)9-11-7-5-6-8-13(11,3)10(2)14/h11H,4-9H2,1-3H3/t11-,13-/m1/s1. The van der Waals surface area contributed by atoms with Crippen LogP contribution in [0.1, 0.15) is 52.9 Å². The van der Waals surface area contributed by atoms with Crippen LogP contribution in [-0.2, 0) is 14.3 Å². The van der Waals surface area contributed by atoms with Crippen LogP contribution >= 0.6 is 0 Å². The van der Waals surface area contributed by atoms with E-state index in [-0.39, 0.29) is 23.1 Å². The first-order chi connectivity index (χ1) is 7.50. The van der Waals surface area contributed by atoms with Crippen LogP contribution in [0.2, 0.25) is 0 Å². The molecule has 0 aliphatic heterocycles. The van der Waals surface area contributed by atoms with Crippen molar-refractivity contribution in [3.8, 4) is 0 Å². The molecule has 2 atom stereocenters. The Morgan fingerprint density at radius 2 is 2.06 bits per heavy atom. The fourth-order valence-electron chi connectivity index (χ4n) is 2.62. The minimum atomic E-state index is -0.314. The molecule has 3 heteroatoms. The predicted molar refractivity (Wildman–Crippen MR) is 62.0 cm³/mol. The zero-order chi connectivity index (χ0) is 12.2. The number of ketones is 1. The fraction of sp³-hybridized carbons (Fsp3) is 0.846. The lowest BCUT2D eigenvalue weighted by Crippen LogP contribution is -2.38. The van der Waals surface area contributed by atoms with Gasteiger partial charge in [0, 0.05) is 11.8 Å². The van der Waals surface area contributed by atoms with Crippen LogP contribution in [0.5, 0.6) is 0 Å². The highest BCUT2D eigenvalue weighted by Crippen LogP contribution is 2.43. The first kappa shape index (κ1) is 13.2. The number of carbonyl (C=O) groups excluding carboxylic acids is 2. The predicted octanol–water partition coefficient (Wildman–Crippen LogP) is 2.73. The Kier molecular flexibility index (Phi) is 4.51. The minimum Gasteiger partial charge on any atom is -0.466 e. The number of esters is 1. The summed E-state index contributed by atoms with van der Waals surface area (Å²) in [7, 11) is 0. The summed E-state index contributed by atoms with van der Waals surface area (Å²) in [6, 6.07) is 0. The van der Waals surface area contributed by atoms with Gasteiger partial charge in [0.2, 0.25) is 0 Å². The molecule has 92 valence electrons. The van der Waals surface area contributed by atoms with Gasteiger partial charge in [-0.1, -0.05) is 19.8 Å². The van der Waals surface area contributed by atoms with E-state index in [9.17, 15) is 9.59 Å². The monoisotopic (exact) mass is 226 g/mol. The Balaban J connectivity index is 2.67. The summed E-state index contributed by atoms with van der Waals surface area (Å²) in [5.41, 5.74) is -0.314. The summed E-state index contributed by atoms with van der Waals surface area (Å²) in [5.74, 6) is 0.209. The van der Waals surface area contributed by atoms with Gasteiger partial charge in [-0.25, -0.2) is 0 Å². The highest BCUT2D eigenvalue weighted by atomic mass is 16.5. The van der Waals surface area contributed by atoms with Gasteiger partial charge in [-0.3, -0.25) is 9.59 Å². The maximum absolute atomic E-state index is 11.7. The van der Waals surface area contributed by atoms with Crippen LogP contribution in [0, 0.1) is 11.3 Å². The summed E-state index contributed by atoms with van der Waals surface area (Å²) in [6.45, 7) is 5.87. The lowest BCUT2D eigenvalue weighted by atomic mass is 9.64. The number of hydrogen-bond donors (Lipinski definition) is 0. The zero-order valence-electron chi connectivity index (χ0n) is 10.5. The van der Waals surface area contributed by atoms with Gasteiger partial charge in [-0.2, -0.15) is 0 Å². The van der Waals surface area contributed by atoms with Gasteiger partial charge in [0.15, 0.2) is 0 Å². The molecule has 0 N–H and O–H groups in total. The van der Waals surface area contributed by atoms with Crippen LogP contribution in [0.3, 0.4) is 0 Å². The first-order valence-corrected chi connectivity index (χ1v) is 6.17. The Labute approximate surface area is 97.5 Å². The van der Waals surface area contributed by atoms with Crippen molar-refractivity contribution in [1.82, 2.24) is 0 Å². The van der Waals surface area contributed by atoms with E-state index in [0.717, 1.165) is 25.7 Å². The Morgan fingerprint density at radius 3 is 2.62 bits per heavy atom.